The molecule has 9 aromatic rings. The van der Waals surface area contributed by atoms with Crippen LogP contribution >= 0.6 is 0 Å². The first-order valence-electron chi connectivity index (χ1n) is 19.9. The SMILES string of the molecule is CC1(C)c2cc(-c3cccc(-c4nc(-c5ccccc5)nc(-c5ccccc5)n4)c3)ccc2-c2ccc(-c3c4ccccc4c([Si](C)(C)C)c4ccccc34)cc21. The van der Waals surface area contributed by atoms with Gasteiger partial charge in [0.2, 0.25) is 0 Å². The zero-order chi connectivity index (χ0) is 38.9. The first-order valence-corrected chi connectivity index (χ1v) is 23.4. The van der Waals surface area contributed by atoms with Gasteiger partial charge in [-0.05, 0) is 89.4 Å². The first-order chi connectivity index (χ1) is 27.6. The van der Waals surface area contributed by atoms with Crippen LogP contribution in [0.15, 0.2) is 170 Å². The van der Waals surface area contributed by atoms with E-state index in [1.54, 1.807) is 5.19 Å². The van der Waals surface area contributed by atoms with Gasteiger partial charge in [-0.1, -0.05) is 185 Å². The lowest BCUT2D eigenvalue weighted by Gasteiger charge is -2.26. The Morgan fingerprint density at radius 2 is 0.772 bits per heavy atom. The molecule has 1 heterocycles. The minimum Gasteiger partial charge on any atom is -0.208 e. The maximum absolute atomic E-state index is 5.01. The van der Waals surface area contributed by atoms with E-state index in [1.807, 2.05) is 60.7 Å². The monoisotopic (exact) mass is 749 g/mol. The molecular formula is C53H43N3Si. The van der Waals surface area contributed by atoms with Crippen molar-refractivity contribution in [3.63, 3.8) is 0 Å². The average molecular weight is 750 g/mol. The lowest BCUT2D eigenvalue weighted by atomic mass is 9.80. The minimum atomic E-state index is -1.67. The molecular weight excluding hydrogens is 707 g/mol. The molecule has 8 aromatic carbocycles. The molecule has 0 radical (unpaired) electrons. The van der Waals surface area contributed by atoms with E-state index >= 15 is 0 Å². The summed E-state index contributed by atoms with van der Waals surface area (Å²) in [6, 6.07) is 61.2. The van der Waals surface area contributed by atoms with Crippen LogP contribution in [0.1, 0.15) is 25.0 Å². The van der Waals surface area contributed by atoms with E-state index in [2.05, 4.69) is 143 Å². The van der Waals surface area contributed by atoms with Gasteiger partial charge in [0.25, 0.3) is 0 Å². The fourth-order valence-corrected chi connectivity index (χ4v) is 11.1. The third-order valence-electron chi connectivity index (χ3n) is 11.8. The Morgan fingerprint density at radius 3 is 1.30 bits per heavy atom. The molecule has 0 saturated heterocycles. The highest BCUT2D eigenvalue weighted by atomic mass is 28.3. The van der Waals surface area contributed by atoms with Gasteiger partial charge in [-0.2, -0.15) is 0 Å². The van der Waals surface area contributed by atoms with E-state index in [0.29, 0.717) is 17.5 Å². The molecule has 0 amide bonds. The van der Waals surface area contributed by atoms with Crippen molar-refractivity contribution in [2.45, 2.75) is 38.9 Å². The molecule has 0 spiro atoms. The lowest BCUT2D eigenvalue weighted by Crippen LogP contribution is -2.38. The zero-order valence-corrected chi connectivity index (χ0v) is 34.0. The van der Waals surface area contributed by atoms with Crippen LogP contribution in [0.25, 0.3) is 89.1 Å². The Kier molecular flexibility index (Phi) is 8.17. The van der Waals surface area contributed by atoms with Gasteiger partial charge in [-0.3, -0.25) is 0 Å². The number of rotatable bonds is 6. The minimum absolute atomic E-state index is 0.193. The Morgan fingerprint density at radius 1 is 0.368 bits per heavy atom. The van der Waals surface area contributed by atoms with E-state index in [-0.39, 0.29) is 5.41 Å². The molecule has 0 N–H and O–H groups in total. The highest BCUT2D eigenvalue weighted by Crippen LogP contribution is 2.51. The van der Waals surface area contributed by atoms with Gasteiger partial charge in [-0.15, -0.1) is 0 Å². The molecule has 0 bridgehead atoms. The number of benzene rings is 8. The van der Waals surface area contributed by atoms with Crippen LogP contribution in [0.5, 0.6) is 0 Å². The summed E-state index contributed by atoms with van der Waals surface area (Å²) in [5.41, 5.74) is 12.9. The maximum Gasteiger partial charge on any atom is 0.164 e. The summed E-state index contributed by atoms with van der Waals surface area (Å²) < 4.78 is 0. The number of fused-ring (bicyclic) bond motifs is 5. The summed E-state index contributed by atoms with van der Waals surface area (Å²) in [5, 5.41) is 7.02. The van der Waals surface area contributed by atoms with Gasteiger partial charge in [0.1, 0.15) is 0 Å². The van der Waals surface area contributed by atoms with Crippen molar-refractivity contribution < 1.29 is 0 Å². The predicted molar refractivity (Wildman–Crippen MR) is 243 cm³/mol. The van der Waals surface area contributed by atoms with Gasteiger partial charge in [-0.25, -0.2) is 15.0 Å². The summed E-state index contributed by atoms with van der Waals surface area (Å²) in [6.45, 7) is 12.2. The summed E-state index contributed by atoms with van der Waals surface area (Å²) in [5.74, 6) is 1.98. The quantitative estimate of drug-likeness (QED) is 0.125. The molecule has 0 fully saturated rings. The summed E-state index contributed by atoms with van der Waals surface area (Å²) in [6.07, 6.45) is 0. The third kappa shape index (κ3) is 5.91. The second-order valence-electron chi connectivity index (χ2n) is 16.9. The molecule has 0 saturated carbocycles. The average Bonchev–Trinajstić information content (AvgIpc) is 3.47. The van der Waals surface area contributed by atoms with Gasteiger partial charge in [0.05, 0.1) is 8.07 Å². The van der Waals surface area contributed by atoms with E-state index in [1.165, 1.54) is 60.5 Å². The second-order valence-corrected chi connectivity index (χ2v) is 21.9. The van der Waals surface area contributed by atoms with Crippen LogP contribution in [0.4, 0.5) is 0 Å². The molecule has 4 heteroatoms. The zero-order valence-electron chi connectivity index (χ0n) is 33.0. The van der Waals surface area contributed by atoms with Crippen LogP contribution in [0.3, 0.4) is 0 Å². The van der Waals surface area contributed by atoms with Crippen LogP contribution in [-0.4, -0.2) is 23.0 Å². The molecule has 1 aromatic heterocycles. The molecule has 57 heavy (non-hydrogen) atoms. The largest absolute Gasteiger partial charge is 0.208 e. The highest BCUT2D eigenvalue weighted by molar-refractivity contribution is 6.92. The summed E-state index contributed by atoms with van der Waals surface area (Å²) >= 11 is 0. The van der Waals surface area contributed by atoms with Crippen molar-refractivity contribution in [1.29, 1.82) is 0 Å². The Balaban J connectivity index is 1.06. The maximum atomic E-state index is 5.01. The molecule has 3 nitrogen and oxygen atoms in total. The standard InChI is InChI=1S/C53H43N3Si/c1-53(2)46-32-37(36-21-16-22-39(31-36)52-55-50(34-17-8-6-9-18-34)54-51(56-52)35-19-10-7-11-20-35)27-29-40(46)41-30-28-38(33-47(41)53)48-42-23-12-14-25-44(42)49(57(3,4)5)45-26-15-13-24-43(45)48/h6-33H,1-5H3. The number of nitrogens with zero attached hydrogens (tertiary/aromatic N) is 3. The number of hydrogen-bond donors (Lipinski definition) is 0. The van der Waals surface area contributed by atoms with Crippen molar-refractivity contribution in [3.05, 3.63) is 181 Å². The van der Waals surface area contributed by atoms with Gasteiger partial charge in [0, 0.05) is 22.1 Å². The normalized spacial score (nSPS) is 13.1. The topological polar surface area (TPSA) is 38.7 Å². The van der Waals surface area contributed by atoms with Crippen molar-refractivity contribution in [3.8, 4) is 67.5 Å². The van der Waals surface area contributed by atoms with Crippen molar-refractivity contribution >= 4 is 34.8 Å². The molecule has 0 unspecified atom stereocenters. The lowest BCUT2D eigenvalue weighted by molar-refractivity contribution is 0.661. The van der Waals surface area contributed by atoms with Gasteiger partial charge < -0.3 is 0 Å². The third-order valence-corrected chi connectivity index (χ3v) is 13.8. The van der Waals surface area contributed by atoms with Crippen molar-refractivity contribution in [1.82, 2.24) is 15.0 Å². The fourth-order valence-electron chi connectivity index (χ4n) is 9.10. The van der Waals surface area contributed by atoms with Crippen molar-refractivity contribution in [2.24, 2.45) is 0 Å². The Hall–Kier alpha value is -6.49. The summed E-state index contributed by atoms with van der Waals surface area (Å²) in [7, 11) is -1.67. The predicted octanol–water partition coefficient (Wildman–Crippen LogP) is 13.4. The van der Waals surface area contributed by atoms with Crippen LogP contribution < -0.4 is 5.19 Å². The smallest absolute Gasteiger partial charge is 0.164 e. The van der Waals surface area contributed by atoms with Crippen LogP contribution in [0.2, 0.25) is 19.6 Å². The Bertz CT molecular complexity index is 2900. The molecule has 0 aliphatic heterocycles. The first kappa shape index (κ1) is 35.0. The van der Waals surface area contributed by atoms with E-state index < -0.39 is 8.07 Å². The number of aromatic nitrogens is 3. The van der Waals surface area contributed by atoms with E-state index in [0.717, 1.165) is 22.3 Å². The number of hydrogen-bond acceptors (Lipinski definition) is 3. The Labute approximate surface area is 335 Å². The molecule has 10 rings (SSSR count). The summed E-state index contributed by atoms with van der Waals surface area (Å²) in [4.78, 5) is 14.9. The highest BCUT2D eigenvalue weighted by Gasteiger charge is 2.36. The fraction of sp³-hybridized carbons (Fsp3) is 0.113. The molecule has 1 aliphatic rings. The van der Waals surface area contributed by atoms with Crippen LogP contribution in [0, 0.1) is 0 Å². The van der Waals surface area contributed by atoms with Gasteiger partial charge >= 0.3 is 0 Å². The molecule has 1 aliphatic carbocycles. The van der Waals surface area contributed by atoms with E-state index in [4.69, 9.17) is 15.0 Å². The molecule has 274 valence electrons. The molecule has 0 atom stereocenters. The van der Waals surface area contributed by atoms with E-state index in [9.17, 15) is 0 Å². The van der Waals surface area contributed by atoms with Crippen LogP contribution in [-0.2, 0) is 5.41 Å². The second kappa shape index (κ2) is 13.3. The van der Waals surface area contributed by atoms with Gasteiger partial charge in [0.15, 0.2) is 17.5 Å². The van der Waals surface area contributed by atoms with Crippen molar-refractivity contribution in [2.75, 3.05) is 0 Å².